The predicted molar refractivity (Wildman–Crippen MR) is 89.8 cm³/mol. The smallest absolute Gasteiger partial charge is 0.283 e. The zero-order valence-corrected chi connectivity index (χ0v) is 14.7. The molecule has 2 rings (SSSR count). The van der Waals surface area contributed by atoms with E-state index in [0.717, 1.165) is 31.0 Å². The molecule has 6 heteroatoms. The molecule has 21 heavy (non-hydrogen) atoms. The molecule has 0 unspecified atom stereocenters. The molecule has 0 saturated heterocycles. The SMILES string of the molecule is CC1CCC(Nc2cnn(CCN(C)C)c(=O)c2Br)CC1. The van der Waals surface area contributed by atoms with Crippen LogP contribution >= 0.6 is 15.9 Å². The zero-order chi connectivity index (χ0) is 15.4. The van der Waals surface area contributed by atoms with Gasteiger partial charge in [-0.15, -0.1) is 0 Å². The van der Waals surface area contributed by atoms with Crippen LogP contribution < -0.4 is 10.9 Å². The predicted octanol–water partition coefficient (Wildman–Crippen LogP) is 2.56. The second-order valence-electron chi connectivity index (χ2n) is 6.30. The molecule has 0 atom stereocenters. The molecule has 1 aliphatic carbocycles. The Morgan fingerprint density at radius 3 is 2.67 bits per heavy atom. The first-order chi connectivity index (χ1) is 9.97. The van der Waals surface area contributed by atoms with Gasteiger partial charge in [0.25, 0.3) is 5.56 Å². The Labute approximate surface area is 134 Å². The number of hydrogen-bond donors (Lipinski definition) is 1. The fourth-order valence-corrected chi connectivity index (χ4v) is 3.07. The van der Waals surface area contributed by atoms with E-state index >= 15 is 0 Å². The van der Waals surface area contributed by atoms with Crippen molar-refractivity contribution in [3.63, 3.8) is 0 Å². The molecule has 0 aromatic carbocycles. The van der Waals surface area contributed by atoms with E-state index in [1.807, 2.05) is 19.0 Å². The van der Waals surface area contributed by atoms with E-state index in [9.17, 15) is 4.79 Å². The highest BCUT2D eigenvalue weighted by molar-refractivity contribution is 9.10. The first kappa shape index (κ1) is 16.5. The summed E-state index contributed by atoms with van der Waals surface area (Å²) in [6.07, 6.45) is 6.60. The van der Waals surface area contributed by atoms with E-state index in [2.05, 4.69) is 33.3 Å². The number of anilines is 1. The molecule has 118 valence electrons. The fourth-order valence-electron chi connectivity index (χ4n) is 2.64. The number of nitrogens with one attached hydrogen (secondary N) is 1. The summed E-state index contributed by atoms with van der Waals surface area (Å²) in [5, 5.41) is 7.75. The minimum atomic E-state index is -0.0639. The van der Waals surface area contributed by atoms with E-state index in [1.54, 1.807) is 6.20 Å². The van der Waals surface area contributed by atoms with E-state index < -0.39 is 0 Å². The lowest BCUT2D eigenvalue weighted by Crippen LogP contribution is -2.31. The number of nitrogens with zero attached hydrogens (tertiary/aromatic N) is 3. The summed E-state index contributed by atoms with van der Waals surface area (Å²) in [6.45, 7) is 3.71. The van der Waals surface area contributed by atoms with E-state index in [0.29, 0.717) is 17.1 Å². The lowest BCUT2D eigenvalue weighted by Gasteiger charge is -2.28. The van der Waals surface area contributed by atoms with Gasteiger partial charge in [0.2, 0.25) is 0 Å². The molecule has 0 radical (unpaired) electrons. The molecule has 1 fully saturated rings. The Hall–Kier alpha value is -0.880. The Morgan fingerprint density at radius 2 is 2.05 bits per heavy atom. The number of halogens is 1. The topological polar surface area (TPSA) is 50.2 Å². The highest BCUT2D eigenvalue weighted by Gasteiger charge is 2.19. The van der Waals surface area contributed by atoms with Gasteiger partial charge in [-0.3, -0.25) is 4.79 Å². The average Bonchev–Trinajstić information content (AvgIpc) is 2.45. The highest BCUT2D eigenvalue weighted by atomic mass is 79.9. The van der Waals surface area contributed by atoms with Crippen molar-refractivity contribution in [2.24, 2.45) is 5.92 Å². The lowest BCUT2D eigenvalue weighted by molar-refractivity contribution is 0.360. The molecule has 1 saturated carbocycles. The van der Waals surface area contributed by atoms with Crippen LogP contribution in [0.2, 0.25) is 0 Å². The third kappa shape index (κ3) is 4.54. The number of aromatic nitrogens is 2. The van der Waals surface area contributed by atoms with Crippen molar-refractivity contribution in [3.05, 3.63) is 21.0 Å². The minimum Gasteiger partial charge on any atom is -0.380 e. The zero-order valence-electron chi connectivity index (χ0n) is 13.1. The quantitative estimate of drug-likeness (QED) is 0.880. The first-order valence-electron chi connectivity index (χ1n) is 7.64. The molecular weight excluding hydrogens is 332 g/mol. The van der Waals surface area contributed by atoms with Crippen molar-refractivity contribution in [2.45, 2.75) is 45.2 Å². The molecule has 0 spiro atoms. The lowest BCUT2D eigenvalue weighted by atomic mass is 9.87. The van der Waals surface area contributed by atoms with Crippen LogP contribution in [0.5, 0.6) is 0 Å². The van der Waals surface area contributed by atoms with Crippen molar-refractivity contribution < 1.29 is 0 Å². The summed E-state index contributed by atoms with van der Waals surface area (Å²) < 4.78 is 2.10. The number of rotatable bonds is 5. The monoisotopic (exact) mass is 356 g/mol. The maximum Gasteiger partial charge on any atom is 0.283 e. The molecule has 0 bridgehead atoms. The standard InChI is InChI=1S/C15H25BrN4O/c1-11-4-6-12(7-5-11)18-13-10-17-20(9-8-19(2)3)15(21)14(13)16/h10-12,18H,4-9H2,1-3H3. The summed E-state index contributed by atoms with van der Waals surface area (Å²) in [4.78, 5) is 14.3. The molecule has 0 aliphatic heterocycles. The van der Waals surface area contributed by atoms with Gasteiger partial charge in [0.15, 0.2) is 0 Å². The van der Waals surface area contributed by atoms with Crippen molar-refractivity contribution >= 4 is 21.6 Å². The Balaban J connectivity index is 2.04. The maximum atomic E-state index is 12.3. The van der Waals surface area contributed by atoms with Crippen LogP contribution in [0.4, 0.5) is 5.69 Å². The third-order valence-electron chi connectivity index (χ3n) is 4.12. The molecule has 1 aromatic heterocycles. The molecular formula is C15H25BrN4O. The van der Waals surface area contributed by atoms with Crippen LogP contribution in [-0.2, 0) is 6.54 Å². The largest absolute Gasteiger partial charge is 0.380 e. The van der Waals surface area contributed by atoms with Crippen LogP contribution in [0.25, 0.3) is 0 Å². The summed E-state index contributed by atoms with van der Waals surface area (Å²) in [7, 11) is 3.97. The molecule has 1 heterocycles. The first-order valence-corrected chi connectivity index (χ1v) is 8.43. The number of likely N-dealkylation sites (N-methyl/N-ethyl adjacent to an activating group) is 1. The molecule has 5 nitrogen and oxygen atoms in total. The van der Waals surface area contributed by atoms with Crippen molar-refractivity contribution in [1.82, 2.24) is 14.7 Å². The second kappa shape index (κ2) is 7.40. The van der Waals surface area contributed by atoms with Crippen LogP contribution in [0.3, 0.4) is 0 Å². The van der Waals surface area contributed by atoms with Gasteiger partial charge in [0, 0.05) is 12.6 Å². The Bertz CT molecular complexity index is 521. The van der Waals surface area contributed by atoms with E-state index in [-0.39, 0.29) is 5.56 Å². The van der Waals surface area contributed by atoms with Crippen molar-refractivity contribution in [1.29, 1.82) is 0 Å². The molecule has 0 amide bonds. The van der Waals surface area contributed by atoms with Gasteiger partial charge < -0.3 is 10.2 Å². The van der Waals surface area contributed by atoms with E-state index in [1.165, 1.54) is 17.5 Å². The third-order valence-corrected chi connectivity index (χ3v) is 4.89. The van der Waals surface area contributed by atoms with Gasteiger partial charge in [-0.25, -0.2) is 4.68 Å². The van der Waals surface area contributed by atoms with Crippen LogP contribution in [-0.4, -0.2) is 41.4 Å². The summed E-state index contributed by atoms with van der Waals surface area (Å²) in [5.74, 6) is 0.823. The Morgan fingerprint density at radius 1 is 1.38 bits per heavy atom. The van der Waals surface area contributed by atoms with Gasteiger partial charge >= 0.3 is 0 Å². The molecule has 1 aliphatic rings. The van der Waals surface area contributed by atoms with Gasteiger partial charge in [-0.2, -0.15) is 5.10 Å². The minimum absolute atomic E-state index is 0.0639. The molecule has 1 N–H and O–H groups in total. The average molecular weight is 357 g/mol. The summed E-state index contributed by atoms with van der Waals surface area (Å²) >= 11 is 3.43. The van der Waals surface area contributed by atoms with Gasteiger partial charge in [0.1, 0.15) is 4.47 Å². The molecule has 1 aromatic rings. The van der Waals surface area contributed by atoms with Crippen molar-refractivity contribution in [2.75, 3.05) is 26.0 Å². The number of hydrogen-bond acceptors (Lipinski definition) is 4. The normalized spacial score (nSPS) is 22.5. The van der Waals surface area contributed by atoms with Crippen LogP contribution in [0, 0.1) is 5.92 Å². The van der Waals surface area contributed by atoms with E-state index in [4.69, 9.17) is 0 Å². The van der Waals surface area contributed by atoms with Gasteiger partial charge in [-0.1, -0.05) is 6.92 Å². The highest BCUT2D eigenvalue weighted by Crippen LogP contribution is 2.27. The van der Waals surface area contributed by atoms with Gasteiger partial charge in [0.05, 0.1) is 18.4 Å². The maximum absolute atomic E-state index is 12.3. The van der Waals surface area contributed by atoms with Crippen LogP contribution in [0.1, 0.15) is 32.6 Å². The summed E-state index contributed by atoms with van der Waals surface area (Å²) in [5.41, 5.74) is 0.756. The summed E-state index contributed by atoms with van der Waals surface area (Å²) in [6, 6.07) is 0.455. The second-order valence-corrected chi connectivity index (χ2v) is 7.10. The fraction of sp³-hybridized carbons (Fsp3) is 0.733. The Kier molecular flexibility index (Phi) is 5.81. The van der Waals surface area contributed by atoms with Gasteiger partial charge in [-0.05, 0) is 61.6 Å². The van der Waals surface area contributed by atoms with Crippen molar-refractivity contribution in [3.8, 4) is 0 Å². The van der Waals surface area contributed by atoms with Crippen LogP contribution in [0.15, 0.2) is 15.5 Å².